The van der Waals surface area contributed by atoms with Gasteiger partial charge in [-0.2, -0.15) is 0 Å². The second kappa shape index (κ2) is 10.8. The monoisotopic (exact) mass is 416 g/mol. The number of rotatable bonds is 9. The maximum atomic E-state index is 13.0. The molecular formula is C23H32N2O5. The second-order valence-corrected chi connectivity index (χ2v) is 7.60. The number of nitrogens with one attached hydrogen (secondary N) is 1. The van der Waals surface area contributed by atoms with Crippen molar-refractivity contribution in [2.45, 2.75) is 65.5 Å². The molecule has 0 fully saturated rings. The molecule has 2 atom stereocenters. The van der Waals surface area contributed by atoms with Gasteiger partial charge in [-0.25, -0.2) is 4.79 Å². The van der Waals surface area contributed by atoms with Gasteiger partial charge in [-0.1, -0.05) is 26.3 Å². The number of carbonyl (C=O) groups is 2. The van der Waals surface area contributed by atoms with Crippen LogP contribution >= 0.6 is 0 Å². The van der Waals surface area contributed by atoms with Crippen LogP contribution in [-0.2, 0) is 22.5 Å². The van der Waals surface area contributed by atoms with Crippen LogP contribution in [0.2, 0.25) is 0 Å². The lowest BCUT2D eigenvalue weighted by atomic mass is 9.92. The molecule has 30 heavy (non-hydrogen) atoms. The smallest absolute Gasteiger partial charge is 0.328 e. The average Bonchev–Trinajstić information content (AvgIpc) is 2.74. The summed E-state index contributed by atoms with van der Waals surface area (Å²) in [5.41, 5.74) is 1.50. The van der Waals surface area contributed by atoms with Crippen molar-refractivity contribution >= 4 is 11.9 Å². The Bertz CT molecular complexity index is 898. The highest BCUT2D eigenvalue weighted by Crippen LogP contribution is 2.21. The number of aromatic nitrogens is 1. The van der Waals surface area contributed by atoms with E-state index in [2.05, 4.69) is 5.32 Å². The second-order valence-electron chi connectivity index (χ2n) is 7.60. The number of hydrogen-bond acceptors (Lipinski definition) is 5. The Kier molecular flexibility index (Phi) is 8.45. The first-order chi connectivity index (χ1) is 14.3. The van der Waals surface area contributed by atoms with Crippen LogP contribution in [-0.4, -0.2) is 34.7 Å². The molecule has 1 aromatic rings. The van der Waals surface area contributed by atoms with Gasteiger partial charge in [-0.05, 0) is 62.3 Å². The zero-order chi connectivity index (χ0) is 22.3. The summed E-state index contributed by atoms with van der Waals surface area (Å²) >= 11 is 0. The highest BCUT2D eigenvalue weighted by molar-refractivity contribution is 5.96. The number of aryl methyl sites for hydroxylation is 1. The van der Waals surface area contributed by atoms with E-state index < -0.39 is 17.9 Å². The van der Waals surface area contributed by atoms with E-state index in [1.807, 2.05) is 20.8 Å². The van der Waals surface area contributed by atoms with Gasteiger partial charge in [0.1, 0.15) is 17.4 Å². The van der Waals surface area contributed by atoms with Crippen molar-refractivity contribution in [1.29, 1.82) is 0 Å². The summed E-state index contributed by atoms with van der Waals surface area (Å²) < 4.78 is 6.51. The predicted octanol–water partition coefficient (Wildman–Crippen LogP) is 3.20. The fourth-order valence-corrected chi connectivity index (χ4v) is 3.64. The molecule has 7 heteroatoms. The Hall–Kier alpha value is -2.83. The van der Waals surface area contributed by atoms with E-state index in [0.717, 1.165) is 24.1 Å². The SMILES string of the molecule is CCCCn1c(C)c(CC)cc(C(=O)N[C@@H](CC2C=CC(O)=CC2)C(=O)OC)c1=O. The number of methoxy groups -OCH3 is 1. The van der Waals surface area contributed by atoms with Crippen LogP contribution in [0.1, 0.15) is 61.1 Å². The van der Waals surface area contributed by atoms with Crippen LogP contribution in [0.4, 0.5) is 0 Å². The summed E-state index contributed by atoms with van der Waals surface area (Å²) in [4.78, 5) is 38.3. The van der Waals surface area contributed by atoms with Crippen LogP contribution in [0.5, 0.6) is 0 Å². The minimum atomic E-state index is -0.888. The number of ether oxygens (including phenoxy) is 1. The van der Waals surface area contributed by atoms with Gasteiger partial charge < -0.3 is 19.7 Å². The number of pyridine rings is 1. The summed E-state index contributed by atoms with van der Waals surface area (Å²) in [5.74, 6) is -0.988. The topological polar surface area (TPSA) is 97.6 Å². The van der Waals surface area contributed by atoms with Crippen molar-refractivity contribution in [3.05, 3.63) is 57.2 Å². The molecule has 0 spiro atoms. The number of amides is 1. The Morgan fingerprint density at radius 1 is 1.37 bits per heavy atom. The maximum absolute atomic E-state index is 13.0. The number of aliphatic hydroxyl groups excluding tert-OH is 1. The van der Waals surface area contributed by atoms with Gasteiger partial charge in [0.25, 0.3) is 11.5 Å². The number of carbonyl (C=O) groups excluding carboxylic acids is 2. The van der Waals surface area contributed by atoms with Gasteiger partial charge >= 0.3 is 5.97 Å². The maximum Gasteiger partial charge on any atom is 0.328 e. The van der Waals surface area contributed by atoms with E-state index in [1.54, 1.807) is 28.9 Å². The number of aliphatic hydroxyl groups is 1. The fourth-order valence-electron chi connectivity index (χ4n) is 3.64. The molecule has 0 aliphatic heterocycles. The summed E-state index contributed by atoms with van der Waals surface area (Å²) in [6, 6.07) is 0.742. The standard InChI is InChI=1S/C23H32N2O5/c1-5-7-12-25-15(3)17(6-2)14-19(22(25)28)21(27)24-20(23(29)30-4)13-16-8-10-18(26)11-9-16/h8,10-11,14,16,20,26H,5-7,9,12-13H2,1-4H3,(H,24,27)/t16?,20-/m0/s1. The lowest BCUT2D eigenvalue weighted by Gasteiger charge is -2.22. The molecule has 0 saturated heterocycles. The molecule has 1 aliphatic rings. The average molecular weight is 417 g/mol. The molecule has 0 saturated carbocycles. The Labute approximate surface area is 177 Å². The molecule has 0 radical (unpaired) electrons. The van der Waals surface area contributed by atoms with Crippen molar-refractivity contribution in [3.8, 4) is 0 Å². The minimum absolute atomic E-state index is 0.0317. The van der Waals surface area contributed by atoms with Crippen LogP contribution in [0.25, 0.3) is 0 Å². The number of hydrogen-bond donors (Lipinski definition) is 2. The summed E-state index contributed by atoms with van der Waals surface area (Å²) in [6.07, 6.45) is 8.39. The van der Waals surface area contributed by atoms with Gasteiger partial charge in [0.15, 0.2) is 0 Å². The highest BCUT2D eigenvalue weighted by Gasteiger charge is 2.27. The molecule has 1 aromatic heterocycles. The van der Waals surface area contributed by atoms with Gasteiger partial charge in [0, 0.05) is 12.2 Å². The Morgan fingerprint density at radius 2 is 2.10 bits per heavy atom. The van der Waals surface area contributed by atoms with Gasteiger partial charge in [-0.3, -0.25) is 9.59 Å². The molecule has 7 nitrogen and oxygen atoms in total. The first-order valence-electron chi connectivity index (χ1n) is 10.5. The van der Waals surface area contributed by atoms with E-state index in [9.17, 15) is 19.5 Å². The number of unbranched alkanes of at least 4 members (excludes halogenated alkanes) is 1. The van der Waals surface area contributed by atoms with Crippen LogP contribution in [0.15, 0.2) is 34.8 Å². The first kappa shape index (κ1) is 23.4. The summed E-state index contributed by atoms with van der Waals surface area (Å²) in [5, 5.41) is 12.2. The molecule has 0 bridgehead atoms. The normalized spacial score (nSPS) is 16.7. The van der Waals surface area contributed by atoms with E-state index in [1.165, 1.54) is 7.11 Å². The molecule has 2 N–H and O–H groups in total. The summed E-state index contributed by atoms with van der Waals surface area (Å²) in [7, 11) is 1.27. The van der Waals surface area contributed by atoms with Crippen LogP contribution in [0.3, 0.4) is 0 Å². The lowest BCUT2D eigenvalue weighted by Crippen LogP contribution is -2.45. The third-order valence-corrected chi connectivity index (χ3v) is 5.52. The van der Waals surface area contributed by atoms with E-state index in [4.69, 9.17) is 4.74 Å². The molecule has 164 valence electrons. The van der Waals surface area contributed by atoms with E-state index in [0.29, 0.717) is 25.8 Å². The molecule has 1 heterocycles. The molecule has 1 amide bonds. The molecule has 2 rings (SSSR count). The minimum Gasteiger partial charge on any atom is -0.508 e. The van der Waals surface area contributed by atoms with Gasteiger partial charge in [0.05, 0.1) is 7.11 Å². The van der Waals surface area contributed by atoms with Crippen molar-refractivity contribution in [2.24, 2.45) is 5.92 Å². The van der Waals surface area contributed by atoms with Gasteiger partial charge in [-0.15, -0.1) is 0 Å². The summed E-state index contributed by atoms with van der Waals surface area (Å²) in [6.45, 7) is 6.48. The van der Waals surface area contributed by atoms with Crippen molar-refractivity contribution in [2.75, 3.05) is 7.11 Å². The highest BCUT2D eigenvalue weighted by atomic mass is 16.5. The Morgan fingerprint density at radius 3 is 2.67 bits per heavy atom. The molecule has 1 aliphatic carbocycles. The van der Waals surface area contributed by atoms with Crippen molar-refractivity contribution in [3.63, 3.8) is 0 Å². The van der Waals surface area contributed by atoms with Crippen LogP contribution < -0.4 is 10.9 Å². The largest absolute Gasteiger partial charge is 0.508 e. The number of nitrogens with zero attached hydrogens (tertiary/aromatic N) is 1. The number of allylic oxidation sites excluding steroid dienone is 3. The van der Waals surface area contributed by atoms with Gasteiger partial charge in [0.2, 0.25) is 0 Å². The van der Waals surface area contributed by atoms with E-state index >= 15 is 0 Å². The molecule has 1 unspecified atom stereocenters. The first-order valence-corrected chi connectivity index (χ1v) is 10.5. The Balaban J connectivity index is 2.29. The zero-order valence-electron chi connectivity index (χ0n) is 18.2. The lowest BCUT2D eigenvalue weighted by molar-refractivity contribution is -0.143. The fraction of sp³-hybridized carbons (Fsp3) is 0.522. The van der Waals surface area contributed by atoms with E-state index in [-0.39, 0.29) is 22.8 Å². The quantitative estimate of drug-likeness (QED) is 0.603. The number of esters is 1. The molecule has 0 aromatic carbocycles. The third-order valence-electron chi connectivity index (χ3n) is 5.52. The third kappa shape index (κ3) is 5.62. The van der Waals surface area contributed by atoms with Crippen molar-refractivity contribution < 1.29 is 19.4 Å². The predicted molar refractivity (Wildman–Crippen MR) is 116 cm³/mol. The molecular weight excluding hydrogens is 384 g/mol. The van der Waals surface area contributed by atoms with Crippen molar-refractivity contribution in [1.82, 2.24) is 9.88 Å². The van der Waals surface area contributed by atoms with Crippen LogP contribution in [0, 0.1) is 12.8 Å². The zero-order valence-corrected chi connectivity index (χ0v) is 18.2.